The average molecular weight is 606 g/mol. The first-order valence-corrected chi connectivity index (χ1v) is 15.5. The maximum Gasteiger partial charge on any atom is 0.0852 e. The molecule has 0 saturated heterocycles. The van der Waals surface area contributed by atoms with Crippen LogP contribution in [0.3, 0.4) is 0 Å². The third-order valence-corrected chi connectivity index (χ3v) is 6.26. The number of aryl methyl sites for hydroxylation is 3. The first-order chi connectivity index (χ1) is 18.8. The molecule has 0 radical (unpaired) electrons. The molecule has 0 aliphatic heterocycles. The van der Waals surface area contributed by atoms with Crippen LogP contribution in [0.1, 0.15) is 154 Å². The number of rotatable bonds is 13. The molecule has 3 rings (SSSR count). The molecule has 3 heterocycles. The Labute approximate surface area is 266 Å². The quantitative estimate of drug-likeness (QED) is 0.193. The van der Waals surface area contributed by atoms with Gasteiger partial charge in [-0.3, -0.25) is 9.36 Å². The lowest BCUT2D eigenvalue weighted by Crippen LogP contribution is -2.04. The second kappa shape index (κ2) is 23.8. The number of hydrogen-bond donors (Lipinski definition) is 0. The molecular weight excluding hydrogens is 534 g/mol. The lowest BCUT2D eigenvalue weighted by atomic mass is 10.1. The molecule has 252 valence electrons. The van der Waals surface area contributed by atoms with Gasteiger partial charge >= 0.3 is 0 Å². The van der Waals surface area contributed by atoms with Gasteiger partial charge in [-0.2, -0.15) is 0 Å². The smallest absolute Gasteiger partial charge is 0.0852 e. The maximum atomic E-state index is 4.15. The van der Waals surface area contributed by atoms with Crippen molar-refractivity contribution in [2.75, 3.05) is 0 Å². The van der Waals surface area contributed by atoms with Gasteiger partial charge in [0.05, 0.1) is 17.1 Å². The average Bonchev–Trinajstić information content (AvgIpc) is 3.61. The van der Waals surface area contributed by atoms with Crippen LogP contribution in [-0.2, 0) is 25.9 Å². The number of aromatic nitrogens is 9. The van der Waals surface area contributed by atoms with Crippen LogP contribution in [0, 0.1) is 23.7 Å². The van der Waals surface area contributed by atoms with Gasteiger partial charge in [-0.1, -0.05) is 107 Å². The molecule has 0 amide bonds. The molecule has 43 heavy (non-hydrogen) atoms. The molecule has 0 aromatic carbocycles. The van der Waals surface area contributed by atoms with E-state index in [1.165, 1.54) is 19.3 Å². The SMILES string of the molecule is C.C.C.CC(C)CCc1cn(C(C)C)nn1.CC(C)CCc1cn(CC(C)C)nn1.CC(C)CCn1cc(C(C)C)nn1. The molecule has 3 aromatic rings. The Morgan fingerprint density at radius 3 is 1.44 bits per heavy atom. The molecule has 0 unspecified atom stereocenters. The normalized spacial score (nSPS) is 10.7. The highest BCUT2D eigenvalue weighted by molar-refractivity contribution is 4.98. The van der Waals surface area contributed by atoms with Crippen molar-refractivity contribution < 1.29 is 0 Å². The van der Waals surface area contributed by atoms with Gasteiger partial charge in [0.1, 0.15) is 0 Å². The number of hydrogen-bond acceptors (Lipinski definition) is 6. The van der Waals surface area contributed by atoms with E-state index in [2.05, 4.69) is 120 Å². The van der Waals surface area contributed by atoms with E-state index >= 15 is 0 Å². The third-order valence-electron chi connectivity index (χ3n) is 6.26. The van der Waals surface area contributed by atoms with E-state index in [0.29, 0.717) is 17.9 Å². The van der Waals surface area contributed by atoms with Crippen LogP contribution in [0.15, 0.2) is 18.6 Å². The zero-order valence-electron chi connectivity index (χ0n) is 27.7. The largest absolute Gasteiger partial charge is 0.252 e. The van der Waals surface area contributed by atoms with Crippen molar-refractivity contribution in [2.45, 2.75) is 163 Å². The Kier molecular flexibility index (Phi) is 24.9. The van der Waals surface area contributed by atoms with Crippen molar-refractivity contribution in [3.8, 4) is 0 Å². The summed E-state index contributed by atoms with van der Waals surface area (Å²) >= 11 is 0. The molecule has 9 nitrogen and oxygen atoms in total. The highest BCUT2D eigenvalue weighted by Gasteiger charge is 2.06. The van der Waals surface area contributed by atoms with Gasteiger partial charge in [-0.15, -0.1) is 15.3 Å². The van der Waals surface area contributed by atoms with E-state index in [4.69, 9.17) is 0 Å². The fourth-order valence-electron chi connectivity index (χ4n) is 3.55. The summed E-state index contributed by atoms with van der Waals surface area (Å²) in [5.41, 5.74) is 3.32. The zero-order chi connectivity index (χ0) is 30.2. The van der Waals surface area contributed by atoms with Gasteiger partial charge in [-0.05, 0) is 75.5 Å². The van der Waals surface area contributed by atoms with Gasteiger partial charge in [-0.25, -0.2) is 4.68 Å². The highest BCUT2D eigenvalue weighted by Crippen LogP contribution is 2.11. The summed E-state index contributed by atoms with van der Waals surface area (Å²) in [6.45, 7) is 28.2. The van der Waals surface area contributed by atoms with E-state index in [0.717, 1.165) is 60.8 Å². The van der Waals surface area contributed by atoms with Crippen LogP contribution in [0.25, 0.3) is 0 Å². The Balaban J connectivity index is -0.000000540. The summed E-state index contributed by atoms with van der Waals surface area (Å²) in [7, 11) is 0. The van der Waals surface area contributed by atoms with E-state index < -0.39 is 0 Å². The first kappa shape index (κ1) is 44.9. The van der Waals surface area contributed by atoms with Gasteiger partial charge < -0.3 is 0 Å². The summed E-state index contributed by atoms with van der Waals surface area (Å²) in [5.74, 6) is 3.32. The Morgan fingerprint density at radius 2 is 1.02 bits per heavy atom. The molecule has 0 saturated carbocycles. The lowest BCUT2D eigenvalue weighted by Gasteiger charge is -2.02. The van der Waals surface area contributed by atoms with Gasteiger partial charge in [0, 0.05) is 37.7 Å². The fourth-order valence-corrected chi connectivity index (χ4v) is 3.55. The molecule has 0 fully saturated rings. The van der Waals surface area contributed by atoms with E-state index in [1.54, 1.807) is 0 Å². The van der Waals surface area contributed by atoms with Crippen LogP contribution >= 0.6 is 0 Å². The monoisotopic (exact) mass is 606 g/mol. The second-order valence-electron chi connectivity index (χ2n) is 13.2. The molecule has 0 N–H and O–H groups in total. The summed E-state index contributed by atoms with van der Waals surface area (Å²) in [6.07, 6.45) is 11.8. The minimum Gasteiger partial charge on any atom is -0.252 e. The summed E-state index contributed by atoms with van der Waals surface area (Å²) < 4.78 is 5.80. The number of nitrogens with zero attached hydrogens (tertiary/aromatic N) is 9. The lowest BCUT2D eigenvalue weighted by molar-refractivity contribution is 0.472. The topological polar surface area (TPSA) is 92.1 Å². The van der Waals surface area contributed by atoms with Crippen LogP contribution < -0.4 is 0 Å². The van der Waals surface area contributed by atoms with Gasteiger partial charge in [0.15, 0.2) is 0 Å². The minimum absolute atomic E-state index is 0. The van der Waals surface area contributed by atoms with E-state index in [-0.39, 0.29) is 22.3 Å². The van der Waals surface area contributed by atoms with Crippen molar-refractivity contribution in [3.63, 3.8) is 0 Å². The van der Waals surface area contributed by atoms with Gasteiger partial charge in [0.25, 0.3) is 0 Å². The van der Waals surface area contributed by atoms with Crippen molar-refractivity contribution in [2.24, 2.45) is 23.7 Å². The minimum atomic E-state index is 0. The summed E-state index contributed by atoms with van der Waals surface area (Å²) in [4.78, 5) is 0. The van der Waals surface area contributed by atoms with Crippen LogP contribution in [0.2, 0.25) is 0 Å². The summed E-state index contributed by atoms with van der Waals surface area (Å²) in [6, 6.07) is 0.417. The van der Waals surface area contributed by atoms with E-state index in [9.17, 15) is 0 Å². The molecule has 0 bridgehead atoms. The second-order valence-corrected chi connectivity index (χ2v) is 13.2. The molecule has 0 aliphatic rings. The highest BCUT2D eigenvalue weighted by atomic mass is 15.4. The van der Waals surface area contributed by atoms with Crippen molar-refractivity contribution in [1.82, 2.24) is 45.0 Å². The Hall–Kier alpha value is -2.58. The molecule has 9 heteroatoms. The zero-order valence-corrected chi connectivity index (χ0v) is 27.7. The third kappa shape index (κ3) is 20.9. The molecule has 3 aromatic heterocycles. The Morgan fingerprint density at radius 1 is 0.535 bits per heavy atom. The molecule has 0 spiro atoms. The first-order valence-electron chi connectivity index (χ1n) is 15.5. The summed E-state index contributed by atoms with van der Waals surface area (Å²) in [5, 5.41) is 24.6. The predicted octanol–water partition coefficient (Wildman–Crippen LogP) is 9.33. The van der Waals surface area contributed by atoms with Crippen LogP contribution in [-0.4, -0.2) is 45.0 Å². The van der Waals surface area contributed by atoms with Crippen molar-refractivity contribution >= 4 is 0 Å². The Bertz CT molecular complexity index is 972. The predicted molar refractivity (Wildman–Crippen MR) is 185 cm³/mol. The standard InChI is InChI=1S/C11H21N3.2C10H19N3.3CH4/c1-9(2)5-6-11-8-14(13-12-11)7-10(3)4;1-8(2)5-6-13-7-10(9(3)4)11-12-13;1-8(2)5-6-10-7-13(9(3)4)12-11-10;;;/h8-10H,5-7H2,1-4H3;2*7-9H,5-6H2,1-4H3;3*1H4. The van der Waals surface area contributed by atoms with Crippen molar-refractivity contribution in [1.29, 1.82) is 0 Å². The fraction of sp³-hybridized carbons (Fsp3) is 0.824. The van der Waals surface area contributed by atoms with Crippen LogP contribution in [0.5, 0.6) is 0 Å². The van der Waals surface area contributed by atoms with Crippen molar-refractivity contribution in [3.05, 3.63) is 35.7 Å². The van der Waals surface area contributed by atoms with Crippen LogP contribution in [0.4, 0.5) is 0 Å². The maximum absolute atomic E-state index is 4.15. The molecule has 0 atom stereocenters. The van der Waals surface area contributed by atoms with Gasteiger partial charge in [0.2, 0.25) is 0 Å². The molecule has 0 aliphatic carbocycles. The van der Waals surface area contributed by atoms with E-state index in [1.807, 2.05) is 26.4 Å². The molecular formula is C34H71N9.